The van der Waals surface area contributed by atoms with Gasteiger partial charge >= 0.3 is 0 Å². The van der Waals surface area contributed by atoms with Gasteiger partial charge in [-0.15, -0.1) is 0 Å². The average Bonchev–Trinajstić information content (AvgIpc) is 3.22. The first kappa shape index (κ1) is 14.1. The van der Waals surface area contributed by atoms with E-state index in [9.17, 15) is 8.42 Å². The molecule has 1 N–H and O–H groups in total. The number of benzene rings is 1. The Morgan fingerprint density at radius 2 is 2.16 bits per heavy atom. The minimum Gasteiger partial charge on any atom is -0.497 e. The first-order valence-corrected chi connectivity index (χ1v) is 7.98. The van der Waals surface area contributed by atoms with Gasteiger partial charge in [0, 0.05) is 25.7 Å². The molecule has 0 amide bonds. The lowest BCUT2D eigenvalue weighted by Gasteiger charge is -2.20. The smallest absolute Gasteiger partial charge is 0.236 e. The average molecular weight is 284 g/mol. The van der Waals surface area contributed by atoms with Crippen LogP contribution >= 0.6 is 0 Å². The molecule has 0 radical (unpaired) electrons. The van der Waals surface area contributed by atoms with Crippen LogP contribution < -0.4 is 14.4 Å². The third kappa shape index (κ3) is 3.84. The SMILES string of the molecule is COc1cccc(N(C)S(=O)(=O)CCNC2CC2)c1. The molecule has 0 heterocycles. The summed E-state index contributed by atoms with van der Waals surface area (Å²) in [7, 11) is -0.158. The van der Waals surface area contributed by atoms with Gasteiger partial charge in [-0.1, -0.05) is 6.07 Å². The lowest BCUT2D eigenvalue weighted by molar-refractivity contribution is 0.415. The summed E-state index contributed by atoms with van der Waals surface area (Å²) in [6, 6.07) is 7.57. The van der Waals surface area contributed by atoms with Crippen molar-refractivity contribution in [1.29, 1.82) is 0 Å². The Morgan fingerprint density at radius 3 is 2.79 bits per heavy atom. The number of anilines is 1. The van der Waals surface area contributed by atoms with E-state index in [4.69, 9.17) is 4.74 Å². The standard InChI is InChI=1S/C13H20N2O3S/c1-15(12-4-3-5-13(10-12)18-2)19(16,17)9-8-14-11-6-7-11/h3-5,10-11,14H,6-9H2,1-2H3. The van der Waals surface area contributed by atoms with Gasteiger partial charge in [0.25, 0.3) is 0 Å². The highest BCUT2D eigenvalue weighted by molar-refractivity contribution is 7.92. The second kappa shape index (κ2) is 5.79. The van der Waals surface area contributed by atoms with Crippen molar-refractivity contribution >= 4 is 15.7 Å². The van der Waals surface area contributed by atoms with Crippen LogP contribution in [0.25, 0.3) is 0 Å². The minimum absolute atomic E-state index is 0.108. The molecule has 0 unspecified atom stereocenters. The molecule has 1 fully saturated rings. The predicted octanol–water partition coefficient (Wildman–Crippen LogP) is 1.21. The zero-order valence-electron chi connectivity index (χ0n) is 11.3. The monoisotopic (exact) mass is 284 g/mol. The highest BCUT2D eigenvalue weighted by atomic mass is 32.2. The highest BCUT2D eigenvalue weighted by Gasteiger charge is 2.23. The number of hydrogen-bond donors (Lipinski definition) is 1. The molecular weight excluding hydrogens is 264 g/mol. The minimum atomic E-state index is -3.29. The molecule has 0 aromatic heterocycles. The molecule has 0 aliphatic heterocycles. The van der Waals surface area contributed by atoms with E-state index in [-0.39, 0.29) is 5.75 Å². The van der Waals surface area contributed by atoms with Gasteiger partial charge in [-0.2, -0.15) is 0 Å². The molecule has 0 spiro atoms. The Hall–Kier alpha value is -1.27. The topological polar surface area (TPSA) is 58.6 Å². The molecular formula is C13H20N2O3S. The number of nitrogens with zero attached hydrogens (tertiary/aromatic N) is 1. The zero-order valence-corrected chi connectivity index (χ0v) is 12.1. The summed E-state index contributed by atoms with van der Waals surface area (Å²) in [5.41, 5.74) is 0.616. The summed E-state index contributed by atoms with van der Waals surface area (Å²) >= 11 is 0. The maximum atomic E-state index is 12.2. The van der Waals surface area contributed by atoms with E-state index in [2.05, 4.69) is 5.32 Å². The second-order valence-electron chi connectivity index (χ2n) is 4.71. The van der Waals surface area contributed by atoms with Gasteiger partial charge in [-0.05, 0) is 25.0 Å². The van der Waals surface area contributed by atoms with Crippen molar-refractivity contribution in [3.63, 3.8) is 0 Å². The summed E-state index contributed by atoms with van der Waals surface area (Å²) in [6.45, 7) is 0.501. The molecule has 1 aliphatic carbocycles. The lowest BCUT2D eigenvalue weighted by Crippen LogP contribution is -2.34. The molecule has 2 rings (SSSR count). The maximum Gasteiger partial charge on any atom is 0.236 e. The molecule has 5 nitrogen and oxygen atoms in total. The number of rotatable bonds is 7. The van der Waals surface area contributed by atoms with Crippen LogP contribution in [0.2, 0.25) is 0 Å². The largest absolute Gasteiger partial charge is 0.497 e. The van der Waals surface area contributed by atoms with Crippen LogP contribution in [0.5, 0.6) is 5.75 Å². The van der Waals surface area contributed by atoms with Crippen LogP contribution in [0.4, 0.5) is 5.69 Å². The fourth-order valence-electron chi connectivity index (χ4n) is 1.78. The second-order valence-corrected chi connectivity index (χ2v) is 6.83. The van der Waals surface area contributed by atoms with E-state index in [1.807, 2.05) is 0 Å². The summed E-state index contributed by atoms with van der Waals surface area (Å²) in [6.07, 6.45) is 2.32. The third-order valence-electron chi connectivity index (χ3n) is 3.20. The molecule has 0 bridgehead atoms. The number of sulfonamides is 1. The van der Waals surface area contributed by atoms with E-state index in [0.717, 1.165) is 12.8 Å². The van der Waals surface area contributed by atoms with Gasteiger partial charge in [0.15, 0.2) is 0 Å². The van der Waals surface area contributed by atoms with E-state index in [1.165, 1.54) is 4.31 Å². The van der Waals surface area contributed by atoms with Crippen LogP contribution in [0.1, 0.15) is 12.8 Å². The van der Waals surface area contributed by atoms with Crippen molar-refractivity contribution in [3.8, 4) is 5.75 Å². The van der Waals surface area contributed by atoms with E-state index < -0.39 is 10.0 Å². The number of nitrogens with one attached hydrogen (secondary N) is 1. The van der Waals surface area contributed by atoms with E-state index in [0.29, 0.717) is 24.0 Å². The fourth-order valence-corrected chi connectivity index (χ4v) is 2.87. The van der Waals surface area contributed by atoms with Crippen LogP contribution in [0.3, 0.4) is 0 Å². The van der Waals surface area contributed by atoms with Crippen LogP contribution in [-0.2, 0) is 10.0 Å². The fraction of sp³-hybridized carbons (Fsp3) is 0.538. The first-order chi connectivity index (χ1) is 9.03. The van der Waals surface area contributed by atoms with Gasteiger partial charge in [0.2, 0.25) is 10.0 Å². The van der Waals surface area contributed by atoms with Gasteiger partial charge < -0.3 is 10.1 Å². The Bertz CT molecular complexity index is 526. The normalized spacial score (nSPS) is 15.3. The molecule has 0 saturated heterocycles. The quantitative estimate of drug-likeness (QED) is 0.818. The van der Waals surface area contributed by atoms with E-state index in [1.54, 1.807) is 38.4 Å². The molecule has 1 saturated carbocycles. The van der Waals surface area contributed by atoms with Gasteiger partial charge in [-0.25, -0.2) is 8.42 Å². The van der Waals surface area contributed by atoms with Gasteiger partial charge in [0.1, 0.15) is 5.75 Å². The predicted molar refractivity (Wildman–Crippen MR) is 76.2 cm³/mol. The summed E-state index contributed by atoms with van der Waals surface area (Å²) in [5.74, 6) is 0.757. The van der Waals surface area contributed by atoms with Gasteiger partial charge in [-0.3, -0.25) is 4.31 Å². The first-order valence-electron chi connectivity index (χ1n) is 6.37. The zero-order chi connectivity index (χ0) is 13.9. The van der Waals surface area contributed by atoms with Crippen molar-refractivity contribution < 1.29 is 13.2 Å². The van der Waals surface area contributed by atoms with Gasteiger partial charge in [0.05, 0.1) is 18.6 Å². The van der Waals surface area contributed by atoms with Crippen molar-refractivity contribution in [3.05, 3.63) is 24.3 Å². The summed E-state index contributed by atoms with van der Waals surface area (Å²) in [5, 5.41) is 3.21. The number of methoxy groups -OCH3 is 1. The van der Waals surface area contributed by atoms with Crippen LogP contribution in [-0.4, -0.2) is 40.9 Å². The molecule has 106 valence electrons. The van der Waals surface area contributed by atoms with Crippen molar-refractivity contribution in [2.75, 3.05) is 30.8 Å². The maximum absolute atomic E-state index is 12.2. The van der Waals surface area contributed by atoms with Crippen LogP contribution in [0.15, 0.2) is 24.3 Å². The lowest BCUT2D eigenvalue weighted by atomic mass is 10.3. The highest BCUT2D eigenvalue weighted by Crippen LogP contribution is 2.22. The van der Waals surface area contributed by atoms with Crippen molar-refractivity contribution in [1.82, 2.24) is 5.32 Å². The summed E-state index contributed by atoms with van der Waals surface area (Å²) in [4.78, 5) is 0. The molecule has 1 aliphatic rings. The molecule has 1 aromatic rings. The van der Waals surface area contributed by atoms with Crippen LogP contribution in [0, 0.1) is 0 Å². The third-order valence-corrected chi connectivity index (χ3v) is 4.97. The molecule has 0 atom stereocenters. The Morgan fingerprint density at radius 1 is 1.42 bits per heavy atom. The molecule has 1 aromatic carbocycles. The molecule has 6 heteroatoms. The summed E-state index contributed by atoms with van der Waals surface area (Å²) < 4.78 is 30.8. The Balaban J connectivity index is 2.00. The van der Waals surface area contributed by atoms with Crippen molar-refractivity contribution in [2.24, 2.45) is 0 Å². The Kier molecular flexibility index (Phi) is 4.31. The number of ether oxygens (including phenoxy) is 1. The van der Waals surface area contributed by atoms with Crippen molar-refractivity contribution in [2.45, 2.75) is 18.9 Å². The Labute approximate surface area is 114 Å². The van der Waals surface area contributed by atoms with E-state index >= 15 is 0 Å². The molecule has 19 heavy (non-hydrogen) atoms. The number of hydrogen-bond acceptors (Lipinski definition) is 4.